The predicted octanol–water partition coefficient (Wildman–Crippen LogP) is 3.99. The van der Waals surface area contributed by atoms with E-state index in [2.05, 4.69) is 51.6 Å². The van der Waals surface area contributed by atoms with Gasteiger partial charge in [0, 0.05) is 30.2 Å². The first-order valence-corrected chi connectivity index (χ1v) is 8.70. The molecule has 1 aromatic rings. The maximum absolute atomic E-state index is 4.72. The zero-order valence-electron chi connectivity index (χ0n) is 12.2. The summed E-state index contributed by atoms with van der Waals surface area (Å²) in [6.45, 7) is 6.70. The molecule has 0 radical (unpaired) electrons. The lowest BCUT2D eigenvalue weighted by Crippen LogP contribution is -2.29. The first-order chi connectivity index (χ1) is 9.24. The van der Waals surface area contributed by atoms with E-state index in [0.29, 0.717) is 6.04 Å². The van der Waals surface area contributed by atoms with Gasteiger partial charge in [-0.2, -0.15) is 5.10 Å². The van der Waals surface area contributed by atoms with Gasteiger partial charge in [0.1, 0.15) is 0 Å². The highest BCUT2D eigenvalue weighted by molar-refractivity contribution is 9.09. The summed E-state index contributed by atoms with van der Waals surface area (Å²) in [5.74, 6) is 0. The molecule has 0 amide bonds. The fourth-order valence-electron chi connectivity index (χ4n) is 2.85. The molecule has 3 nitrogen and oxygen atoms in total. The maximum Gasteiger partial charge on any atom is 0.0764 e. The van der Waals surface area contributed by atoms with Crippen LogP contribution in [-0.4, -0.2) is 32.6 Å². The highest BCUT2D eigenvalue weighted by Crippen LogP contribution is 2.23. The third-order valence-corrected chi connectivity index (χ3v) is 4.80. The van der Waals surface area contributed by atoms with E-state index >= 15 is 0 Å². The Labute approximate surface area is 125 Å². The van der Waals surface area contributed by atoms with Crippen LogP contribution in [0.3, 0.4) is 0 Å². The summed E-state index contributed by atoms with van der Waals surface area (Å²) in [5.41, 5.74) is 1.23. The Morgan fingerprint density at radius 1 is 1.53 bits per heavy atom. The quantitative estimate of drug-likeness (QED) is 0.706. The fraction of sp³-hybridized carbons (Fsp3) is 0.800. The van der Waals surface area contributed by atoms with Crippen molar-refractivity contribution in [3.63, 3.8) is 0 Å². The minimum absolute atomic E-state index is 0.511. The van der Waals surface area contributed by atoms with E-state index in [0.717, 1.165) is 24.3 Å². The molecule has 0 spiro atoms. The number of nitrogens with zero attached hydrogens (tertiary/aromatic N) is 3. The van der Waals surface area contributed by atoms with E-state index in [1.165, 1.54) is 37.9 Å². The molecular weight excluding hydrogens is 302 g/mol. The van der Waals surface area contributed by atoms with Gasteiger partial charge in [-0.3, -0.25) is 9.58 Å². The normalized spacial score (nSPS) is 21.9. The standard InChI is InChI=1S/C15H26BrN3/c1-3-13(2)19-11-8-14(17-19)12-18-10-5-7-15(18)6-4-9-16/h8,11,13,15H,3-7,9-10,12H2,1-2H3. The van der Waals surface area contributed by atoms with Gasteiger partial charge in [0.05, 0.1) is 5.69 Å². The number of likely N-dealkylation sites (tertiary alicyclic amines) is 1. The van der Waals surface area contributed by atoms with Gasteiger partial charge in [0.2, 0.25) is 0 Å². The van der Waals surface area contributed by atoms with Crippen molar-refractivity contribution in [1.29, 1.82) is 0 Å². The molecule has 0 saturated carbocycles. The van der Waals surface area contributed by atoms with Gasteiger partial charge >= 0.3 is 0 Å². The number of halogens is 1. The Kier molecular flexibility index (Phi) is 5.89. The van der Waals surface area contributed by atoms with Crippen molar-refractivity contribution in [1.82, 2.24) is 14.7 Å². The lowest BCUT2D eigenvalue weighted by atomic mass is 10.1. The van der Waals surface area contributed by atoms with Crippen LogP contribution in [0.2, 0.25) is 0 Å². The molecule has 1 aliphatic rings. The van der Waals surface area contributed by atoms with Gasteiger partial charge in [-0.1, -0.05) is 22.9 Å². The summed E-state index contributed by atoms with van der Waals surface area (Å²) in [7, 11) is 0. The molecule has 0 N–H and O–H groups in total. The number of rotatable bonds is 7. The van der Waals surface area contributed by atoms with E-state index in [1.54, 1.807) is 0 Å². The van der Waals surface area contributed by atoms with Crippen molar-refractivity contribution in [2.75, 3.05) is 11.9 Å². The second-order valence-electron chi connectivity index (χ2n) is 5.64. The van der Waals surface area contributed by atoms with Crippen LogP contribution in [0.15, 0.2) is 12.3 Å². The SMILES string of the molecule is CCC(C)n1ccc(CN2CCCC2CCCBr)n1. The highest BCUT2D eigenvalue weighted by Gasteiger charge is 2.24. The zero-order valence-corrected chi connectivity index (χ0v) is 13.8. The zero-order chi connectivity index (χ0) is 13.7. The van der Waals surface area contributed by atoms with Crippen LogP contribution in [0.25, 0.3) is 0 Å². The molecule has 0 aromatic carbocycles. The molecule has 1 aromatic heterocycles. The van der Waals surface area contributed by atoms with Gasteiger partial charge in [-0.05, 0) is 51.6 Å². The molecule has 1 saturated heterocycles. The monoisotopic (exact) mass is 327 g/mol. The molecule has 0 bridgehead atoms. The Balaban J connectivity index is 1.90. The number of aromatic nitrogens is 2. The van der Waals surface area contributed by atoms with Crippen molar-refractivity contribution in [2.45, 2.75) is 64.6 Å². The van der Waals surface area contributed by atoms with Crippen LogP contribution in [0.5, 0.6) is 0 Å². The molecule has 1 aliphatic heterocycles. The van der Waals surface area contributed by atoms with Crippen LogP contribution < -0.4 is 0 Å². The van der Waals surface area contributed by atoms with Crippen LogP contribution in [0.1, 0.15) is 57.7 Å². The van der Waals surface area contributed by atoms with Crippen molar-refractivity contribution >= 4 is 15.9 Å². The molecule has 4 heteroatoms. The van der Waals surface area contributed by atoms with Crippen molar-refractivity contribution in [3.05, 3.63) is 18.0 Å². The maximum atomic E-state index is 4.72. The summed E-state index contributed by atoms with van der Waals surface area (Å²) >= 11 is 3.54. The van der Waals surface area contributed by atoms with E-state index in [1.807, 2.05) is 0 Å². The Hall–Kier alpha value is -0.350. The van der Waals surface area contributed by atoms with Crippen molar-refractivity contribution in [2.24, 2.45) is 0 Å². The van der Waals surface area contributed by atoms with E-state index in [-0.39, 0.29) is 0 Å². The summed E-state index contributed by atoms with van der Waals surface area (Å²) in [6.07, 6.45) is 8.57. The number of hydrogen-bond donors (Lipinski definition) is 0. The van der Waals surface area contributed by atoms with Gasteiger partial charge in [-0.25, -0.2) is 0 Å². The van der Waals surface area contributed by atoms with Gasteiger partial charge in [0.15, 0.2) is 0 Å². The Morgan fingerprint density at radius 2 is 2.37 bits per heavy atom. The largest absolute Gasteiger partial charge is 0.294 e. The Bertz CT molecular complexity index is 377. The topological polar surface area (TPSA) is 21.1 Å². The van der Waals surface area contributed by atoms with E-state index in [4.69, 9.17) is 5.10 Å². The number of hydrogen-bond acceptors (Lipinski definition) is 2. The molecule has 2 unspecified atom stereocenters. The first kappa shape index (κ1) is 15.0. The fourth-order valence-corrected chi connectivity index (χ4v) is 3.17. The molecule has 19 heavy (non-hydrogen) atoms. The van der Waals surface area contributed by atoms with Crippen LogP contribution >= 0.6 is 15.9 Å². The predicted molar refractivity (Wildman–Crippen MR) is 83.7 cm³/mol. The second kappa shape index (κ2) is 7.44. The molecular formula is C15H26BrN3. The summed E-state index contributed by atoms with van der Waals surface area (Å²) in [6, 6.07) is 3.47. The first-order valence-electron chi connectivity index (χ1n) is 7.58. The highest BCUT2D eigenvalue weighted by atomic mass is 79.9. The third-order valence-electron chi connectivity index (χ3n) is 4.24. The van der Waals surface area contributed by atoms with Gasteiger partial charge in [-0.15, -0.1) is 0 Å². The molecule has 2 heterocycles. The van der Waals surface area contributed by atoms with Gasteiger partial charge in [0.25, 0.3) is 0 Å². The minimum atomic E-state index is 0.511. The number of alkyl halides is 1. The molecule has 2 atom stereocenters. The van der Waals surface area contributed by atoms with Gasteiger partial charge < -0.3 is 0 Å². The molecule has 2 rings (SSSR count). The second-order valence-corrected chi connectivity index (χ2v) is 6.44. The van der Waals surface area contributed by atoms with Crippen LogP contribution in [0, 0.1) is 0 Å². The van der Waals surface area contributed by atoms with Crippen LogP contribution in [-0.2, 0) is 6.54 Å². The molecule has 108 valence electrons. The molecule has 1 fully saturated rings. The third kappa shape index (κ3) is 4.06. The minimum Gasteiger partial charge on any atom is -0.294 e. The van der Waals surface area contributed by atoms with E-state index in [9.17, 15) is 0 Å². The molecule has 0 aliphatic carbocycles. The lowest BCUT2D eigenvalue weighted by molar-refractivity contribution is 0.230. The van der Waals surface area contributed by atoms with E-state index < -0.39 is 0 Å². The Morgan fingerprint density at radius 3 is 3.11 bits per heavy atom. The van der Waals surface area contributed by atoms with Crippen molar-refractivity contribution in [3.8, 4) is 0 Å². The van der Waals surface area contributed by atoms with Crippen molar-refractivity contribution < 1.29 is 0 Å². The average molecular weight is 328 g/mol. The summed E-state index contributed by atoms with van der Waals surface area (Å²) < 4.78 is 2.11. The summed E-state index contributed by atoms with van der Waals surface area (Å²) in [5, 5.41) is 5.85. The average Bonchev–Trinajstić information content (AvgIpc) is 3.05. The lowest BCUT2D eigenvalue weighted by Gasteiger charge is -2.23. The van der Waals surface area contributed by atoms with Crippen LogP contribution in [0.4, 0.5) is 0 Å². The smallest absolute Gasteiger partial charge is 0.0764 e. The summed E-state index contributed by atoms with van der Waals surface area (Å²) in [4.78, 5) is 2.62.